The summed E-state index contributed by atoms with van der Waals surface area (Å²) in [5, 5.41) is 12.7. The average molecular weight is 325 g/mol. The molecule has 0 bridgehead atoms. The molecular formula is C17H19N5O2. The van der Waals surface area contributed by atoms with Gasteiger partial charge in [0.2, 0.25) is 0 Å². The molecule has 7 heteroatoms. The second kappa shape index (κ2) is 5.67. The van der Waals surface area contributed by atoms with Crippen LogP contribution in [0.25, 0.3) is 0 Å². The van der Waals surface area contributed by atoms with Crippen molar-refractivity contribution in [2.45, 2.75) is 25.7 Å². The van der Waals surface area contributed by atoms with Crippen LogP contribution >= 0.6 is 0 Å². The van der Waals surface area contributed by atoms with Crippen LogP contribution in [0.1, 0.15) is 40.4 Å². The lowest BCUT2D eigenvalue weighted by Gasteiger charge is -2.18. The van der Waals surface area contributed by atoms with Gasteiger partial charge in [-0.3, -0.25) is 14.8 Å². The average Bonchev–Trinajstić information content (AvgIpc) is 3.17. The minimum atomic E-state index is -0.220. The third-order valence-electron chi connectivity index (χ3n) is 4.55. The maximum absolute atomic E-state index is 12.6. The number of aromatic nitrogens is 2. The van der Waals surface area contributed by atoms with E-state index in [9.17, 15) is 9.59 Å². The van der Waals surface area contributed by atoms with E-state index in [1.54, 1.807) is 17.0 Å². The van der Waals surface area contributed by atoms with E-state index in [4.69, 9.17) is 0 Å². The molecule has 0 unspecified atom stereocenters. The first-order valence-electron chi connectivity index (χ1n) is 8.15. The molecule has 24 heavy (non-hydrogen) atoms. The van der Waals surface area contributed by atoms with E-state index < -0.39 is 0 Å². The molecule has 0 atom stereocenters. The highest BCUT2D eigenvalue weighted by Gasteiger charge is 2.27. The Labute approximate surface area is 139 Å². The molecule has 2 fully saturated rings. The van der Waals surface area contributed by atoms with Crippen molar-refractivity contribution in [3.63, 3.8) is 0 Å². The molecular weight excluding hydrogens is 306 g/mol. The van der Waals surface area contributed by atoms with Gasteiger partial charge in [-0.2, -0.15) is 5.10 Å². The molecule has 1 aromatic heterocycles. The maximum Gasteiger partial charge on any atom is 0.322 e. The second-order valence-electron chi connectivity index (χ2n) is 6.27. The number of urea groups is 1. The number of carbonyl (C=O) groups excluding carboxylic acids is 2. The summed E-state index contributed by atoms with van der Waals surface area (Å²) < 4.78 is 0. The highest BCUT2D eigenvalue weighted by atomic mass is 16.2. The van der Waals surface area contributed by atoms with Gasteiger partial charge in [0.25, 0.3) is 5.91 Å². The number of benzene rings is 1. The molecule has 2 heterocycles. The van der Waals surface area contributed by atoms with Crippen molar-refractivity contribution in [1.82, 2.24) is 15.5 Å². The lowest BCUT2D eigenvalue weighted by atomic mass is 10.1. The normalized spacial score (nSPS) is 17.0. The molecule has 4 rings (SSSR count). The molecule has 7 nitrogen and oxygen atoms in total. The number of nitrogens with zero attached hydrogens (tertiary/aromatic N) is 2. The van der Waals surface area contributed by atoms with Crippen LogP contribution < -0.4 is 15.5 Å². The molecule has 124 valence electrons. The fourth-order valence-electron chi connectivity index (χ4n) is 3.05. The van der Waals surface area contributed by atoms with E-state index in [0.29, 0.717) is 30.4 Å². The Balaban J connectivity index is 1.56. The summed E-state index contributed by atoms with van der Waals surface area (Å²) >= 11 is 0. The summed E-state index contributed by atoms with van der Waals surface area (Å²) in [6.07, 6.45) is 2.35. The Morgan fingerprint density at radius 1 is 1.38 bits per heavy atom. The van der Waals surface area contributed by atoms with Crippen LogP contribution in [-0.4, -0.2) is 35.2 Å². The SMILES string of the molecule is Cc1c(C(=O)Nc2cc(C3CC3)[nH]n2)cccc1N1CCNC1=O. The van der Waals surface area contributed by atoms with Crippen LogP contribution in [0.4, 0.5) is 16.3 Å². The lowest BCUT2D eigenvalue weighted by molar-refractivity contribution is 0.102. The van der Waals surface area contributed by atoms with Crippen LogP contribution in [-0.2, 0) is 0 Å². The van der Waals surface area contributed by atoms with E-state index in [1.165, 1.54) is 12.8 Å². The molecule has 0 radical (unpaired) electrons. The smallest absolute Gasteiger partial charge is 0.322 e. The molecule has 0 spiro atoms. The summed E-state index contributed by atoms with van der Waals surface area (Å²) in [6.45, 7) is 3.08. The molecule has 2 aromatic rings. The van der Waals surface area contributed by atoms with Gasteiger partial charge in [-0.1, -0.05) is 6.07 Å². The van der Waals surface area contributed by atoms with Gasteiger partial charge in [-0.25, -0.2) is 4.79 Å². The van der Waals surface area contributed by atoms with E-state index in [2.05, 4.69) is 20.8 Å². The standard InChI is InChI=1S/C17H19N5O2/c1-10-12(3-2-4-14(10)22-8-7-18-17(22)24)16(23)19-15-9-13(20-21-15)11-5-6-11/h2-4,9,11H,5-8H2,1H3,(H,18,24)(H2,19,20,21,23). The third kappa shape index (κ3) is 2.62. The van der Waals surface area contributed by atoms with Crippen molar-refractivity contribution < 1.29 is 9.59 Å². The Morgan fingerprint density at radius 3 is 2.92 bits per heavy atom. The number of aromatic amines is 1. The van der Waals surface area contributed by atoms with Crippen LogP contribution in [0, 0.1) is 6.92 Å². The van der Waals surface area contributed by atoms with E-state index >= 15 is 0 Å². The molecule has 3 amide bonds. The predicted molar refractivity (Wildman–Crippen MR) is 90.4 cm³/mol. The number of carbonyl (C=O) groups is 2. The summed E-state index contributed by atoms with van der Waals surface area (Å²) in [7, 11) is 0. The molecule has 1 saturated heterocycles. The van der Waals surface area contributed by atoms with Crippen LogP contribution in [0.15, 0.2) is 24.3 Å². The Kier molecular flexibility index (Phi) is 3.48. The van der Waals surface area contributed by atoms with E-state index in [-0.39, 0.29) is 11.9 Å². The summed E-state index contributed by atoms with van der Waals surface area (Å²) in [5.74, 6) is 0.871. The first kappa shape index (κ1) is 14.7. The van der Waals surface area contributed by atoms with Gasteiger partial charge < -0.3 is 10.6 Å². The van der Waals surface area contributed by atoms with E-state index in [1.807, 2.05) is 19.1 Å². The van der Waals surface area contributed by atoms with Crippen LogP contribution in [0.2, 0.25) is 0 Å². The predicted octanol–water partition coefficient (Wildman–Crippen LogP) is 2.38. The van der Waals surface area contributed by atoms with Gasteiger partial charge in [-0.15, -0.1) is 0 Å². The fraction of sp³-hybridized carbons (Fsp3) is 0.353. The zero-order chi connectivity index (χ0) is 16.7. The first-order valence-corrected chi connectivity index (χ1v) is 8.15. The van der Waals surface area contributed by atoms with Gasteiger partial charge in [0.15, 0.2) is 5.82 Å². The minimum absolute atomic E-state index is 0.128. The number of hydrogen-bond donors (Lipinski definition) is 3. The maximum atomic E-state index is 12.6. The Hall–Kier alpha value is -2.83. The Bertz CT molecular complexity index is 809. The van der Waals surface area contributed by atoms with Gasteiger partial charge in [0.1, 0.15) is 0 Å². The quantitative estimate of drug-likeness (QED) is 0.806. The summed E-state index contributed by atoms with van der Waals surface area (Å²) in [4.78, 5) is 26.1. The largest absolute Gasteiger partial charge is 0.336 e. The zero-order valence-corrected chi connectivity index (χ0v) is 13.4. The third-order valence-corrected chi connectivity index (χ3v) is 4.55. The molecule has 1 saturated carbocycles. The Morgan fingerprint density at radius 2 is 2.21 bits per heavy atom. The zero-order valence-electron chi connectivity index (χ0n) is 13.4. The highest BCUT2D eigenvalue weighted by molar-refractivity contribution is 6.06. The van der Waals surface area contributed by atoms with Crippen LogP contribution in [0.5, 0.6) is 0 Å². The topological polar surface area (TPSA) is 90.1 Å². The fourth-order valence-corrected chi connectivity index (χ4v) is 3.05. The van der Waals surface area contributed by atoms with Gasteiger partial charge in [0.05, 0.1) is 0 Å². The molecule has 1 aliphatic carbocycles. The van der Waals surface area contributed by atoms with Gasteiger partial charge >= 0.3 is 6.03 Å². The van der Waals surface area contributed by atoms with Crippen LogP contribution in [0.3, 0.4) is 0 Å². The number of amides is 3. The number of rotatable bonds is 4. The number of H-pyrrole nitrogens is 1. The number of hydrogen-bond acceptors (Lipinski definition) is 3. The number of anilines is 2. The van der Waals surface area contributed by atoms with Crippen molar-refractivity contribution >= 4 is 23.4 Å². The molecule has 2 aliphatic rings. The van der Waals surface area contributed by atoms with E-state index in [0.717, 1.165) is 16.9 Å². The van der Waals surface area contributed by atoms with Crippen molar-refractivity contribution in [3.05, 3.63) is 41.1 Å². The molecule has 1 aliphatic heterocycles. The van der Waals surface area contributed by atoms with Crippen molar-refractivity contribution in [1.29, 1.82) is 0 Å². The van der Waals surface area contributed by atoms with Crippen molar-refractivity contribution in [2.75, 3.05) is 23.3 Å². The van der Waals surface area contributed by atoms with Crippen molar-refractivity contribution in [2.24, 2.45) is 0 Å². The first-order chi connectivity index (χ1) is 11.6. The summed E-state index contributed by atoms with van der Waals surface area (Å²) in [5.41, 5.74) is 3.16. The summed E-state index contributed by atoms with van der Waals surface area (Å²) in [6, 6.07) is 7.18. The highest BCUT2D eigenvalue weighted by Crippen LogP contribution is 2.39. The minimum Gasteiger partial charge on any atom is -0.336 e. The van der Waals surface area contributed by atoms with Gasteiger partial charge in [-0.05, 0) is 37.5 Å². The van der Waals surface area contributed by atoms with Gasteiger partial charge in [0, 0.05) is 42.0 Å². The number of nitrogens with one attached hydrogen (secondary N) is 3. The molecule has 1 aromatic carbocycles. The lowest BCUT2D eigenvalue weighted by Crippen LogP contribution is -2.29. The van der Waals surface area contributed by atoms with Crippen molar-refractivity contribution in [3.8, 4) is 0 Å². The second-order valence-corrected chi connectivity index (χ2v) is 6.27. The monoisotopic (exact) mass is 325 g/mol. The molecule has 3 N–H and O–H groups in total.